The van der Waals surface area contributed by atoms with Gasteiger partial charge in [-0.15, -0.1) is 0 Å². The number of hydrogen-bond acceptors (Lipinski definition) is 4. The first-order valence-electron chi connectivity index (χ1n) is 7.35. The van der Waals surface area contributed by atoms with Crippen LogP contribution in [0.4, 0.5) is 5.69 Å². The maximum absolute atomic E-state index is 12.1. The molecule has 0 unspecified atom stereocenters. The summed E-state index contributed by atoms with van der Waals surface area (Å²) in [7, 11) is 0. The Morgan fingerprint density at radius 1 is 1.04 bits per heavy atom. The third-order valence-electron chi connectivity index (χ3n) is 3.36. The highest BCUT2D eigenvalue weighted by atomic mass is 35.5. The van der Waals surface area contributed by atoms with Crippen molar-refractivity contribution in [2.45, 2.75) is 12.8 Å². The van der Waals surface area contributed by atoms with E-state index in [-0.39, 0.29) is 12.3 Å². The molecule has 2 aromatic carbocycles. The lowest BCUT2D eigenvalue weighted by Gasteiger charge is -2.08. The molecule has 0 bridgehead atoms. The SMILES string of the molecule is O=C(CCc1nc(-c2ccc(Cl)cc2)no1)Nc1c(Cl)cccc1Cl. The van der Waals surface area contributed by atoms with E-state index in [2.05, 4.69) is 15.5 Å². The van der Waals surface area contributed by atoms with Gasteiger partial charge in [-0.1, -0.05) is 46.0 Å². The Balaban J connectivity index is 1.60. The topological polar surface area (TPSA) is 68.0 Å². The molecule has 0 radical (unpaired) electrons. The molecule has 8 heteroatoms. The number of aryl methyl sites for hydroxylation is 1. The Morgan fingerprint density at radius 3 is 2.40 bits per heavy atom. The van der Waals surface area contributed by atoms with Crippen molar-refractivity contribution in [3.63, 3.8) is 0 Å². The Hall–Kier alpha value is -2.08. The average molecular weight is 397 g/mol. The molecule has 0 saturated carbocycles. The van der Waals surface area contributed by atoms with Gasteiger partial charge in [0.15, 0.2) is 0 Å². The minimum Gasteiger partial charge on any atom is -0.339 e. The van der Waals surface area contributed by atoms with Crippen LogP contribution in [0, 0.1) is 0 Å². The van der Waals surface area contributed by atoms with Crippen molar-refractivity contribution in [1.82, 2.24) is 10.1 Å². The number of carbonyl (C=O) groups is 1. The summed E-state index contributed by atoms with van der Waals surface area (Å²) < 4.78 is 5.17. The summed E-state index contributed by atoms with van der Waals surface area (Å²) in [5.74, 6) is 0.563. The highest BCUT2D eigenvalue weighted by molar-refractivity contribution is 6.39. The van der Waals surface area contributed by atoms with E-state index in [1.54, 1.807) is 42.5 Å². The third kappa shape index (κ3) is 4.51. The normalized spacial score (nSPS) is 10.7. The van der Waals surface area contributed by atoms with Crippen LogP contribution in [0.1, 0.15) is 12.3 Å². The molecule has 25 heavy (non-hydrogen) atoms. The summed E-state index contributed by atoms with van der Waals surface area (Å²) in [6.45, 7) is 0. The zero-order valence-electron chi connectivity index (χ0n) is 12.8. The summed E-state index contributed by atoms with van der Waals surface area (Å²) in [6, 6.07) is 12.1. The molecule has 0 spiro atoms. The van der Waals surface area contributed by atoms with E-state index in [1.807, 2.05) is 0 Å². The van der Waals surface area contributed by atoms with Crippen LogP contribution in [0.15, 0.2) is 47.0 Å². The van der Waals surface area contributed by atoms with E-state index in [0.717, 1.165) is 5.56 Å². The van der Waals surface area contributed by atoms with E-state index < -0.39 is 0 Å². The van der Waals surface area contributed by atoms with Gasteiger partial charge in [0, 0.05) is 23.4 Å². The molecular formula is C17H12Cl3N3O2. The zero-order valence-corrected chi connectivity index (χ0v) is 15.1. The molecule has 1 amide bonds. The number of anilines is 1. The van der Waals surface area contributed by atoms with Gasteiger partial charge in [-0.3, -0.25) is 4.79 Å². The van der Waals surface area contributed by atoms with Crippen LogP contribution >= 0.6 is 34.8 Å². The number of halogens is 3. The minimum atomic E-state index is -0.249. The van der Waals surface area contributed by atoms with Gasteiger partial charge in [0.05, 0.1) is 15.7 Å². The fraction of sp³-hybridized carbons (Fsp3) is 0.118. The number of carbonyl (C=O) groups excluding carboxylic acids is 1. The molecule has 3 rings (SSSR count). The summed E-state index contributed by atoms with van der Waals surface area (Å²) >= 11 is 17.9. The van der Waals surface area contributed by atoms with Crippen molar-refractivity contribution in [1.29, 1.82) is 0 Å². The number of hydrogen-bond donors (Lipinski definition) is 1. The first-order valence-corrected chi connectivity index (χ1v) is 8.48. The highest BCUT2D eigenvalue weighted by Crippen LogP contribution is 2.30. The summed E-state index contributed by atoms with van der Waals surface area (Å²) in [5, 5.41) is 7.97. The standard InChI is InChI=1S/C17H12Cl3N3O2/c18-11-6-4-10(5-7-11)17-22-15(25-23-17)9-8-14(24)21-16-12(19)2-1-3-13(16)20/h1-7H,8-9H2,(H,21,24). The van der Waals surface area contributed by atoms with Gasteiger partial charge >= 0.3 is 0 Å². The van der Waals surface area contributed by atoms with Crippen molar-refractivity contribution in [2.75, 3.05) is 5.32 Å². The molecule has 1 aromatic heterocycles. The third-order valence-corrected chi connectivity index (χ3v) is 4.25. The largest absolute Gasteiger partial charge is 0.339 e. The van der Waals surface area contributed by atoms with Gasteiger partial charge in [-0.05, 0) is 36.4 Å². The van der Waals surface area contributed by atoms with Crippen LogP contribution in [0.5, 0.6) is 0 Å². The molecule has 128 valence electrons. The number of benzene rings is 2. The first kappa shape index (κ1) is 17.7. The van der Waals surface area contributed by atoms with Gasteiger partial charge in [0.1, 0.15) is 0 Å². The Labute approximate surface area is 158 Å². The van der Waals surface area contributed by atoms with Crippen molar-refractivity contribution >= 4 is 46.4 Å². The number of rotatable bonds is 5. The van der Waals surface area contributed by atoms with E-state index >= 15 is 0 Å². The summed E-state index contributed by atoms with van der Waals surface area (Å²) in [4.78, 5) is 16.3. The van der Waals surface area contributed by atoms with E-state index in [0.29, 0.717) is 38.9 Å². The second-order valence-corrected chi connectivity index (χ2v) is 6.41. The summed E-state index contributed by atoms with van der Waals surface area (Å²) in [6.07, 6.45) is 0.457. The fourth-order valence-electron chi connectivity index (χ4n) is 2.11. The predicted molar refractivity (Wildman–Crippen MR) is 98.2 cm³/mol. The van der Waals surface area contributed by atoms with Crippen LogP contribution in [0.25, 0.3) is 11.4 Å². The molecule has 0 fully saturated rings. The molecule has 1 N–H and O–H groups in total. The lowest BCUT2D eigenvalue weighted by atomic mass is 10.2. The predicted octanol–water partition coefficient (Wildman–Crippen LogP) is 5.27. The minimum absolute atomic E-state index is 0.157. The maximum atomic E-state index is 12.1. The molecular weight excluding hydrogens is 385 g/mol. The number of para-hydroxylation sites is 1. The van der Waals surface area contributed by atoms with Crippen molar-refractivity contribution in [2.24, 2.45) is 0 Å². The van der Waals surface area contributed by atoms with Gasteiger partial charge in [-0.25, -0.2) is 0 Å². The monoisotopic (exact) mass is 395 g/mol. The van der Waals surface area contributed by atoms with Gasteiger partial charge in [0.2, 0.25) is 17.6 Å². The zero-order chi connectivity index (χ0) is 17.8. The molecule has 0 saturated heterocycles. The molecule has 0 aliphatic carbocycles. The smallest absolute Gasteiger partial charge is 0.227 e. The lowest BCUT2D eigenvalue weighted by molar-refractivity contribution is -0.116. The van der Waals surface area contributed by atoms with Crippen LogP contribution in [-0.4, -0.2) is 16.0 Å². The van der Waals surface area contributed by atoms with Crippen molar-refractivity contribution < 1.29 is 9.32 Å². The van der Waals surface area contributed by atoms with Crippen LogP contribution in [0.2, 0.25) is 15.1 Å². The lowest BCUT2D eigenvalue weighted by Crippen LogP contribution is -2.13. The molecule has 0 aliphatic rings. The Kier molecular flexibility index (Phi) is 5.58. The van der Waals surface area contributed by atoms with E-state index in [4.69, 9.17) is 39.3 Å². The van der Waals surface area contributed by atoms with E-state index in [1.165, 1.54) is 0 Å². The van der Waals surface area contributed by atoms with Crippen LogP contribution < -0.4 is 5.32 Å². The number of nitrogens with one attached hydrogen (secondary N) is 1. The van der Waals surface area contributed by atoms with Crippen molar-refractivity contribution in [3.8, 4) is 11.4 Å². The second-order valence-electron chi connectivity index (χ2n) is 5.16. The fourth-order valence-corrected chi connectivity index (χ4v) is 2.73. The first-order chi connectivity index (χ1) is 12.0. The van der Waals surface area contributed by atoms with Crippen LogP contribution in [0.3, 0.4) is 0 Å². The molecule has 0 aliphatic heterocycles. The average Bonchev–Trinajstić information content (AvgIpc) is 3.06. The van der Waals surface area contributed by atoms with E-state index in [9.17, 15) is 4.79 Å². The van der Waals surface area contributed by atoms with Crippen molar-refractivity contribution in [3.05, 3.63) is 63.4 Å². The van der Waals surface area contributed by atoms with Gasteiger partial charge in [-0.2, -0.15) is 4.98 Å². The maximum Gasteiger partial charge on any atom is 0.227 e. The second kappa shape index (κ2) is 7.87. The van der Waals surface area contributed by atoms with Gasteiger partial charge in [0.25, 0.3) is 0 Å². The number of aromatic nitrogens is 2. The Morgan fingerprint density at radius 2 is 1.72 bits per heavy atom. The number of amides is 1. The molecule has 1 heterocycles. The van der Waals surface area contributed by atoms with Gasteiger partial charge < -0.3 is 9.84 Å². The van der Waals surface area contributed by atoms with Crippen LogP contribution in [-0.2, 0) is 11.2 Å². The molecule has 0 atom stereocenters. The Bertz CT molecular complexity index is 874. The highest BCUT2D eigenvalue weighted by Gasteiger charge is 2.13. The molecule has 3 aromatic rings. The quantitative estimate of drug-likeness (QED) is 0.638. The molecule has 5 nitrogen and oxygen atoms in total. The summed E-state index contributed by atoms with van der Waals surface area (Å²) in [5.41, 5.74) is 1.18. The number of nitrogens with zero attached hydrogens (tertiary/aromatic N) is 2.